The van der Waals surface area contributed by atoms with Gasteiger partial charge in [0.1, 0.15) is 17.9 Å². The highest BCUT2D eigenvalue weighted by Crippen LogP contribution is 2.32. The van der Waals surface area contributed by atoms with Crippen molar-refractivity contribution in [3.8, 4) is 16.9 Å². The first-order chi connectivity index (χ1) is 15.0. The second-order valence-electron chi connectivity index (χ2n) is 8.51. The Morgan fingerprint density at radius 2 is 1.77 bits per heavy atom. The summed E-state index contributed by atoms with van der Waals surface area (Å²) in [4.78, 5) is 26.5. The summed E-state index contributed by atoms with van der Waals surface area (Å²) in [5, 5.41) is 12.0. The number of fused-ring (bicyclic) bond motifs is 2. The molecule has 1 aliphatic heterocycles. The van der Waals surface area contributed by atoms with Crippen LogP contribution in [0.25, 0.3) is 33.1 Å². The highest BCUT2D eigenvalue weighted by Gasteiger charge is 2.24. The molecule has 0 radical (unpaired) electrons. The summed E-state index contributed by atoms with van der Waals surface area (Å²) in [5.74, 6) is 0.811. The third-order valence-corrected chi connectivity index (χ3v) is 6.33. The maximum absolute atomic E-state index is 12.7. The Morgan fingerprint density at radius 3 is 2.58 bits per heavy atom. The smallest absolute Gasteiger partial charge is 0.344 e. The van der Waals surface area contributed by atoms with Gasteiger partial charge < -0.3 is 18.8 Å². The summed E-state index contributed by atoms with van der Waals surface area (Å²) in [7, 11) is 0. The molecule has 1 saturated heterocycles. The molecule has 2 N–H and O–H groups in total. The number of phenolic OH excluding ortho intramolecular Hbond substituents is 1. The number of quaternary nitrogens is 1. The molecule has 0 amide bonds. The largest absolute Gasteiger partial charge is 0.507 e. The van der Waals surface area contributed by atoms with E-state index < -0.39 is 11.3 Å². The van der Waals surface area contributed by atoms with E-state index in [9.17, 15) is 14.7 Å². The average Bonchev–Trinajstić information content (AvgIpc) is 2.76. The third-order valence-electron chi connectivity index (χ3n) is 6.33. The standard InChI is InChI=1S/C25H23NO5/c1-15-8-10-26(11-9-15)14-20-21(27)7-6-17-18(13-23(28)31-24(17)20)19-12-16-4-2-3-5-22(16)30-25(19)29/h2-7,12-13,15,27H,8-11,14H2,1H3/p+1. The van der Waals surface area contributed by atoms with Gasteiger partial charge in [-0.25, -0.2) is 9.59 Å². The lowest BCUT2D eigenvalue weighted by molar-refractivity contribution is -0.919. The van der Waals surface area contributed by atoms with E-state index in [1.807, 2.05) is 12.1 Å². The zero-order valence-corrected chi connectivity index (χ0v) is 17.3. The lowest BCUT2D eigenvalue weighted by Gasteiger charge is -2.27. The van der Waals surface area contributed by atoms with Crippen molar-refractivity contribution in [3.63, 3.8) is 0 Å². The number of benzene rings is 2. The second kappa shape index (κ2) is 7.71. The minimum absolute atomic E-state index is 0.101. The first kappa shape index (κ1) is 19.6. The van der Waals surface area contributed by atoms with E-state index in [-0.39, 0.29) is 5.75 Å². The van der Waals surface area contributed by atoms with Crippen LogP contribution in [0.2, 0.25) is 0 Å². The molecule has 1 aliphatic rings. The highest BCUT2D eigenvalue weighted by molar-refractivity contribution is 5.96. The van der Waals surface area contributed by atoms with Crippen LogP contribution in [-0.4, -0.2) is 18.2 Å². The molecule has 5 rings (SSSR count). The van der Waals surface area contributed by atoms with Crippen molar-refractivity contribution in [1.82, 2.24) is 0 Å². The molecule has 0 unspecified atom stereocenters. The fraction of sp³-hybridized carbons (Fsp3) is 0.280. The van der Waals surface area contributed by atoms with Gasteiger partial charge in [-0.15, -0.1) is 0 Å². The first-order valence-corrected chi connectivity index (χ1v) is 10.6. The monoisotopic (exact) mass is 418 g/mol. The number of nitrogens with one attached hydrogen (secondary N) is 1. The fourth-order valence-corrected chi connectivity index (χ4v) is 4.51. The molecule has 0 atom stereocenters. The molecule has 158 valence electrons. The Hall–Kier alpha value is -3.38. The number of likely N-dealkylation sites (tertiary alicyclic amines) is 1. The second-order valence-corrected chi connectivity index (χ2v) is 8.51. The molecule has 2 aromatic heterocycles. The van der Waals surface area contributed by atoms with Gasteiger partial charge in [0.2, 0.25) is 0 Å². The Morgan fingerprint density at radius 1 is 1.00 bits per heavy atom. The summed E-state index contributed by atoms with van der Waals surface area (Å²) in [6.07, 6.45) is 2.27. The Bertz CT molecular complexity index is 1390. The summed E-state index contributed by atoms with van der Waals surface area (Å²) in [6, 6.07) is 13.6. The summed E-state index contributed by atoms with van der Waals surface area (Å²) >= 11 is 0. The molecule has 6 heteroatoms. The number of rotatable bonds is 3. The molecule has 0 spiro atoms. The number of phenols is 1. The normalized spacial score (nSPS) is 19.1. The quantitative estimate of drug-likeness (QED) is 0.500. The maximum Gasteiger partial charge on any atom is 0.344 e. The van der Waals surface area contributed by atoms with Gasteiger partial charge in [0.05, 0.1) is 24.2 Å². The molecule has 31 heavy (non-hydrogen) atoms. The van der Waals surface area contributed by atoms with Gasteiger partial charge in [-0.3, -0.25) is 0 Å². The zero-order valence-electron chi connectivity index (χ0n) is 17.3. The molecule has 0 saturated carbocycles. The van der Waals surface area contributed by atoms with Crippen LogP contribution in [0.15, 0.2) is 67.0 Å². The molecule has 4 aromatic rings. The average molecular weight is 418 g/mol. The predicted octanol–water partition coefficient (Wildman–Crippen LogP) is 3.09. The van der Waals surface area contributed by atoms with E-state index in [0.29, 0.717) is 45.7 Å². The Labute approximate surface area is 178 Å². The minimum Gasteiger partial charge on any atom is -0.507 e. The van der Waals surface area contributed by atoms with Crippen molar-refractivity contribution in [1.29, 1.82) is 0 Å². The van der Waals surface area contributed by atoms with E-state index in [1.54, 1.807) is 30.3 Å². The fourth-order valence-electron chi connectivity index (χ4n) is 4.51. The van der Waals surface area contributed by atoms with E-state index in [4.69, 9.17) is 8.83 Å². The van der Waals surface area contributed by atoms with Crippen molar-refractivity contribution in [2.75, 3.05) is 13.1 Å². The van der Waals surface area contributed by atoms with Crippen LogP contribution in [0.5, 0.6) is 5.75 Å². The van der Waals surface area contributed by atoms with Crippen molar-refractivity contribution < 1.29 is 18.8 Å². The number of para-hydroxylation sites is 1. The molecule has 6 nitrogen and oxygen atoms in total. The lowest BCUT2D eigenvalue weighted by Crippen LogP contribution is -3.11. The molecule has 3 heterocycles. The van der Waals surface area contributed by atoms with Gasteiger partial charge in [-0.2, -0.15) is 0 Å². The molecular formula is C25H24NO5+. The van der Waals surface area contributed by atoms with Crippen LogP contribution in [0.1, 0.15) is 25.3 Å². The van der Waals surface area contributed by atoms with Gasteiger partial charge in [0, 0.05) is 22.4 Å². The van der Waals surface area contributed by atoms with Crippen LogP contribution in [0.4, 0.5) is 0 Å². The number of aromatic hydroxyl groups is 1. The molecule has 2 aromatic carbocycles. The SMILES string of the molecule is CC1CC[NH+](Cc2c(O)ccc3c(-c4cc5ccccc5oc4=O)cc(=O)oc23)CC1. The first-order valence-electron chi connectivity index (χ1n) is 10.6. The third kappa shape index (κ3) is 3.64. The van der Waals surface area contributed by atoms with Crippen molar-refractivity contribution in [2.45, 2.75) is 26.3 Å². The highest BCUT2D eigenvalue weighted by atomic mass is 16.4. The lowest BCUT2D eigenvalue weighted by atomic mass is 9.97. The Kier molecular flexibility index (Phi) is 4.87. The van der Waals surface area contributed by atoms with Crippen LogP contribution >= 0.6 is 0 Å². The molecular weight excluding hydrogens is 394 g/mol. The predicted molar refractivity (Wildman–Crippen MR) is 118 cm³/mol. The number of hydrogen-bond acceptors (Lipinski definition) is 5. The Balaban J connectivity index is 1.68. The number of hydrogen-bond donors (Lipinski definition) is 2. The summed E-state index contributed by atoms with van der Waals surface area (Å²) in [6.45, 7) is 4.84. The maximum atomic E-state index is 12.7. The van der Waals surface area contributed by atoms with Gasteiger partial charge in [-0.05, 0) is 43.0 Å². The summed E-state index contributed by atoms with van der Waals surface area (Å²) < 4.78 is 11.0. The van der Waals surface area contributed by atoms with E-state index >= 15 is 0 Å². The van der Waals surface area contributed by atoms with Crippen LogP contribution in [0, 0.1) is 5.92 Å². The van der Waals surface area contributed by atoms with Gasteiger partial charge >= 0.3 is 11.3 Å². The van der Waals surface area contributed by atoms with Crippen LogP contribution < -0.4 is 16.2 Å². The van der Waals surface area contributed by atoms with Crippen molar-refractivity contribution >= 4 is 21.9 Å². The molecule has 0 bridgehead atoms. The van der Waals surface area contributed by atoms with E-state index in [2.05, 4.69) is 6.92 Å². The molecule has 0 aliphatic carbocycles. The zero-order chi connectivity index (χ0) is 21.5. The van der Waals surface area contributed by atoms with Crippen molar-refractivity contribution in [3.05, 3.63) is 74.9 Å². The van der Waals surface area contributed by atoms with Gasteiger partial charge in [0.15, 0.2) is 5.58 Å². The summed E-state index contributed by atoms with van der Waals surface area (Å²) in [5.41, 5.74) is 1.10. The van der Waals surface area contributed by atoms with Gasteiger partial charge in [0.25, 0.3) is 0 Å². The molecule has 1 fully saturated rings. The van der Waals surface area contributed by atoms with Crippen LogP contribution in [-0.2, 0) is 6.54 Å². The topological polar surface area (TPSA) is 85.1 Å². The minimum atomic E-state index is -0.566. The number of piperidine rings is 1. The van der Waals surface area contributed by atoms with E-state index in [1.165, 1.54) is 11.0 Å². The van der Waals surface area contributed by atoms with E-state index in [0.717, 1.165) is 31.3 Å². The van der Waals surface area contributed by atoms with Crippen molar-refractivity contribution in [2.24, 2.45) is 5.92 Å². The van der Waals surface area contributed by atoms with Gasteiger partial charge in [-0.1, -0.05) is 25.1 Å². The van der Waals surface area contributed by atoms with Crippen LogP contribution in [0.3, 0.4) is 0 Å².